The van der Waals surface area contributed by atoms with E-state index in [4.69, 9.17) is 4.42 Å². The van der Waals surface area contributed by atoms with Crippen molar-refractivity contribution in [3.63, 3.8) is 0 Å². The number of furan rings is 1. The third-order valence-corrected chi connectivity index (χ3v) is 5.55. The van der Waals surface area contributed by atoms with Gasteiger partial charge in [0.1, 0.15) is 11.6 Å². The predicted molar refractivity (Wildman–Crippen MR) is 96.5 cm³/mol. The highest BCUT2D eigenvalue weighted by atomic mass is 32.1. The summed E-state index contributed by atoms with van der Waals surface area (Å²) in [6.07, 6.45) is -3.41. The first-order valence-electron chi connectivity index (χ1n) is 8.44. The molecule has 4 rings (SSSR count). The van der Waals surface area contributed by atoms with Crippen LogP contribution in [0.25, 0.3) is 0 Å². The zero-order valence-corrected chi connectivity index (χ0v) is 15.7. The van der Waals surface area contributed by atoms with E-state index in [-0.39, 0.29) is 17.9 Å². The molecule has 28 heavy (non-hydrogen) atoms. The summed E-state index contributed by atoms with van der Waals surface area (Å²) in [5.74, 6) is -0.124. The van der Waals surface area contributed by atoms with E-state index < -0.39 is 24.2 Å². The zero-order valence-electron chi connectivity index (χ0n) is 14.9. The van der Waals surface area contributed by atoms with Gasteiger partial charge in [-0.1, -0.05) is 0 Å². The summed E-state index contributed by atoms with van der Waals surface area (Å²) in [7, 11) is 0. The van der Waals surface area contributed by atoms with Crippen molar-refractivity contribution < 1.29 is 22.4 Å². The van der Waals surface area contributed by atoms with Crippen LogP contribution in [0.4, 0.5) is 24.1 Å². The number of hydrogen-bond acceptors (Lipinski definition) is 6. The van der Waals surface area contributed by atoms with Gasteiger partial charge in [-0.25, -0.2) is 9.67 Å². The highest BCUT2D eigenvalue weighted by molar-refractivity contribution is 7.15. The number of nitrogens with zero attached hydrogens (tertiary/aromatic N) is 3. The topological polar surface area (TPSA) is 85.0 Å². The molecule has 4 heterocycles. The monoisotopic (exact) mass is 411 g/mol. The third-order valence-electron chi connectivity index (χ3n) is 4.56. The lowest BCUT2D eigenvalue weighted by Gasteiger charge is -2.32. The molecule has 3 aromatic heterocycles. The van der Waals surface area contributed by atoms with Crippen LogP contribution < -0.4 is 10.6 Å². The van der Waals surface area contributed by atoms with Crippen molar-refractivity contribution >= 4 is 28.2 Å². The molecule has 0 spiro atoms. The highest BCUT2D eigenvalue weighted by Crippen LogP contribution is 2.43. The maximum absolute atomic E-state index is 13.6. The van der Waals surface area contributed by atoms with Gasteiger partial charge in [0.2, 0.25) is 0 Å². The summed E-state index contributed by atoms with van der Waals surface area (Å²) in [4.78, 5) is 17.6. The Bertz CT molecular complexity index is 989. The summed E-state index contributed by atoms with van der Waals surface area (Å²) in [5.41, 5.74) is 0.659. The van der Waals surface area contributed by atoms with Gasteiger partial charge >= 0.3 is 6.18 Å². The Morgan fingerprint density at radius 1 is 1.43 bits per heavy atom. The van der Waals surface area contributed by atoms with E-state index in [1.165, 1.54) is 23.7 Å². The molecule has 148 valence electrons. The first-order chi connectivity index (χ1) is 13.2. The lowest BCUT2D eigenvalue weighted by molar-refractivity contribution is -0.174. The number of carbonyl (C=O) groups excluding carboxylic acids is 1. The quantitative estimate of drug-likeness (QED) is 0.665. The van der Waals surface area contributed by atoms with Gasteiger partial charge in [-0.15, -0.1) is 11.3 Å². The maximum atomic E-state index is 13.6. The minimum absolute atomic E-state index is 0.103. The number of alkyl halides is 3. The molecule has 0 bridgehead atoms. The molecule has 0 unspecified atom stereocenters. The molecule has 0 aliphatic carbocycles. The molecule has 0 saturated heterocycles. The second-order valence-electron chi connectivity index (χ2n) is 6.48. The van der Waals surface area contributed by atoms with E-state index in [1.54, 1.807) is 12.1 Å². The van der Waals surface area contributed by atoms with Gasteiger partial charge in [-0.3, -0.25) is 10.1 Å². The van der Waals surface area contributed by atoms with E-state index in [9.17, 15) is 18.0 Å². The van der Waals surface area contributed by atoms with Crippen LogP contribution in [0.15, 0.2) is 28.9 Å². The van der Waals surface area contributed by atoms with E-state index in [0.717, 1.165) is 15.3 Å². The van der Waals surface area contributed by atoms with Crippen molar-refractivity contribution in [3.05, 3.63) is 46.5 Å². The number of aryl methyl sites for hydroxylation is 2. The van der Waals surface area contributed by atoms with Crippen LogP contribution in [0.3, 0.4) is 0 Å². The number of thiazole rings is 1. The van der Waals surface area contributed by atoms with Crippen LogP contribution >= 0.6 is 11.3 Å². The molecule has 1 aliphatic heterocycles. The van der Waals surface area contributed by atoms with Gasteiger partial charge in [0.25, 0.3) is 5.91 Å². The normalized spacial score (nSPS) is 19.2. The number of hydrogen-bond donors (Lipinski definition) is 2. The van der Waals surface area contributed by atoms with Crippen LogP contribution in [-0.4, -0.2) is 26.8 Å². The highest BCUT2D eigenvalue weighted by Gasteiger charge is 2.47. The number of aromatic nitrogens is 3. The van der Waals surface area contributed by atoms with E-state index >= 15 is 0 Å². The predicted octanol–water partition coefficient (Wildman–Crippen LogP) is 4.46. The molecule has 1 aliphatic rings. The van der Waals surface area contributed by atoms with E-state index in [1.807, 2.05) is 13.8 Å². The van der Waals surface area contributed by atoms with Gasteiger partial charge in [0, 0.05) is 17.4 Å². The third kappa shape index (κ3) is 3.37. The van der Waals surface area contributed by atoms with Gasteiger partial charge in [0.05, 0.1) is 18.0 Å². The second kappa shape index (κ2) is 6.66. The molecule has 2 atom stereocenters. The number of halogens is 3. The SMILES string of the molecule is Cc1nc(NC(=O)c2cc3n(n2)[C@@H](C(F)(F)F)C[C@H](c2ccco2)N3)sc1C. The summed E-state index contributed by atoms with van der Waals surface area (Å²) in [5, 5.41) is 9.84. The lowest BCUT2D eigenvalue weighted by atomic mass is 10.0. The summed E-state index contributed by atoms with van der Waals surface area (Å²) in [6.45, 7) is 3.67. The number of fused-ring (bicyclic) bond motifs is 1. The molecular formula is C17H16F3N5O2S. The number of amides is 1. The van der Waals surface area contributed by atoms with E-state index in [0.29, 0.717) is 10.9 Å². The molecule has 0 saturated carbocycles. The first-order valence-corrected chi connectivity index (χ1v) is 9.25. The fraction of sp³-hybridized carbons (Fsp3) is 0.353. The molecule has 3 aromatic rings. The minimum Gasteiger partial charge on any atom is -0.467 e. The average Bonchev–Trinajstić information content (AvgIpc) is 3.33. The molecule has 7 nitrogen and oxygen atoms in total. The van der Waals surface area contributed by atoms with Crippen molar-refractivity contribution in [2.45, 2.75) is 38.5 Å². The Morgan fingerprint density at radius 3 is 2.82 bits per heavy atom. The van der Waals surface area contributed by atoms with Gasteiger partial charge in [0.15, 0.2) is 16.9 Å². The van der Waals surface area contributed by atoms with Crippen LogP contribution in [0, 0.1) is 13.8 Å². The fourth-order valence-corrected chi connectivity index (χ4v) is 3.86. The van der Waals surface area contributed by atoms with Crippen molar-refractivity contribution in [1.82, 2.24) is 14.8 Å². The van der Waals surface area contributed by atoms with Crippen LogP contribution in [-0.2, 0) is 0 Å². The molecule has 1 amide bonds. The fourth-order valence-electron chi connectivity index (χ4n) is 3.05. The Kier molecular flexibility index (Phi) is 4.41. The Balaban J connectivity index is 1.63. The number of nitrogens with one attached hydrogen (secondary N) is 2. The Hall–Kier alpha value is -2.82. The van der Waals surface area contributed by atoms with Crippen molar-refractivity contribution in [2.75, 3.05) is 10.6 Å². The largest absolute Gasteiger partial charge is 0.467 e. The van der Waals surface area contributed by atoms with Crippen LogP contribution in [0.1, 0.15) is 45.3 Å². The number of anilines is 2. The van der Waals surface area contributed by atoms with E-state index in [2.05, 4.69) is 20.7 Å². The second-order valence-corrected chi connectivity index (χ2v) is 7.68. The van der Waals surface area contributed by atoms with Gasteiger partial charge < -0.3 is 9.73 Å². The first kappa shape index (κ1) is 18.5. The van der Waals surface area contributed by atoms with Crippen molar-refractivity contribution in [1.29, 1.82) is 0 Å². The lowest BCUT2D eigenvalue weighted by Crippen LogP contribution is -2.35. The summed E-state index contributed by atoms with van der Waals surface area (Å²) >= 11 is 1.29. The number of rotatable bonds is 3. The molecular weight excluding hydrogens is 395 g/mol. The van der Waals surface area contributed by atoms with Crippen molar-refractivity contribution in [3.8, 4) is 0 Å². The standard InChI is InChI=1S/C17H16F3N5O2S/c1-8-9(2)28-16(21-8)23-15(26)11-7-14-22-10(12-4-3-5-27-12)6-13(17(18,19)20)25(14)24-11/h3-5,7,10,13,22H,6H2,1-2H3,(H,21,23,26)/t10-,13-/m1/s1. The van der Waals surface area contributed by atoms with Gasteiger partial charge in [-0.05, 0) is 26.0 Å². The maximum Gasteiger partial charge on any atom is 0.410 e. The minimum atomic E-state index is -4.52. The summed E-state index contributed by atoms with van der Waals surface area (Å²) in [6, 6.07) is 1.98. The molecule has 11 heteroatoms. The molecule has 0 radical (unpaired) electrons. The average molecular weight is 411 g/mol. The van der Waals surface area contributed by atoms with Crippen LogP contribution in [0.5, 0.6) is 0 Å². The number of carbonyl (C=O) groups is 1. The summed E-state index contributed by atoms with van der Waals surface area (Å²) < 4.78 is 46.9. The Morgan fingerprint density at radius 2 is 2.21 bits per heavy atom. The molecule has 0 fully saturated rings. The Labute approximate surface area is 161 Å². The van der Waals surface area contributed by atoms with Crippen LogP contribution in [0.2, 0.25) is 0 Å². The van der Waals surface area contributed by atoms with Crippen molar-refractivity contribution in [2.24, 2.45) is 0 Å². The molecule has 2 N–H and O–H groups in total. The van der Waals surface area contributed by atoms with Gasteiger partial charge in [-0.2, -0.15) is 18.3 Å². The smallest absolute Gasteiger partial charge is 0.410 e. The molecule has 0 aromatic carbocycles. The zero-order chi connectivity index (χ0) is 20.1.